The Morgan fingerprint density at radius 2 is 1.94 bits per heavy atom. The Balaban J connectivity index is 1.47. The molecule has 0 amide bonds. The third-order valence-corrected chi connectivity index (χ3v) is 6.37. The SMILES string of the molecule is Cc1sc(-c2ccc(C(F)(F)F)cc2)nc1[C@H](C)COc1ccc2[nH]cc(CC(=O)O)c2c1. The second-order valence-electron chi connectivity index (χ2n) is 7.84. The van der Waals surface area contributed by atoms with Crippen LogP contribution in [0.1, 0.15) is 34.5 Å². The predicted molar refractivity (Wildman–Crippen MR) is 121 cm³/mol. The van der Waals surface area contributed by atoms with Crippen molar-refractivity contribution in [2.75, 3.05) is 6.61 Å². The Bertz CT molecular complexity index is 1290. The van der Waals surface area contributed by atoms with Crippen LogP contribution >= 0.6 is 11.3 Å². The number of aliphatic carboxylic acids is 1. The van der Waals surface area contributed by atoms with Crippen LogP contribution in [0, 0.1) is 6.92 Å². The number of carboxylic acids is 1. The summed E-state index contributed by atoms with van der Waals surface area (Å²) in [5, 5.41) is 10.5. The number of thiazole rings is 1. The third-order valence-electron chi connectivity index (χ3n) is 5.34. The van der Waals surface area contributed by atoms with Crippen molar-refractivity contribution in [2.45, 2.75) is 32.4 Å². The zero-order valence-corrected chi connectivity index (χ0v) is 18.7. The first-order chi connectivity index (χ1) is 15.6. The molecule has 33 heavy (non-hydrogen) atoms. The van der Waals surface area contributed by atoms with Crippen molar-refractivity contribution in [3.8, 4) is 16.3 Å². The van der Waals surface area contributed by atoms with Gasteiger partial charge in [0.2, 0.25) is 0 Å². The number of carbonyl (C=O) groups is 1. The van der Waals surface area contributed by atoms with Gasteiger partial charge in [-0.05, 0) is 42.8 Å². The minimum absolute atomic E-state index is 0.0511. The Morgan fingerprint density at radius 3 is 2.61 bits per heavy atom. The summed E-state index contributed by atoms with van der Waals surface area (Å²) in [6.07, 6.45) is -2.76. The highest BCUT2D eigenvalue weighted by Gasteiger charge is 2.30. The van der Waals surface area contributed by atoms with Crippen LogP contribution in [0.3, 0.4) is 0 Å². The Hall–Kier alpha value is -3.33. The molecule has 0 unspecified atom stereocenters. The normalized spacial score (nSPS) is 12.8. The third kappa shape index (κ3) is 5.03. The second-order valence-corrected chi connectivity index (χ2v) is 9.04. The van der Waals surface area contributed by atoms with Gasteiger partial charge in [0.15, 0.2) is 0 Å². The van der Waals surface area contributed by atoms with Gasteiger partial charge in [-0.1, -0.05) is 19.1 Å². The van der Waals surface area contributed by atoms with Crippen LogP contribution < -0.4 is 4.74 Å². The van der Waals surface area contributed by atoms with Crippen LogP contribution in [0.4, 0.5) is 13.2 Å². The largest absolute Gasteiger partial charge is 0.493 e. The van der Waals surface area contributed by atoms with Gasteiger partial charge in [0, 0.05) is 33.5 Å². The Kier molecular flexibility index (Phi) is 6.16. The molecule has 0 bridgehead atoms. The van der Waals surface area contributed by atoms with Gasteiger partial charge >= 0.3 is 12.1 Å². The summed E-state index contributed by atoms with van der Waals surface area (Å²) >= 11 is 1.43. The van der Waals surface area contributed by atoms with Crippen LogP contribution in [-0.2, 0) is 17.4 Å². The first kappa shape index (κ1) is 22.8. The molecule has 0 aliphatic heterocycles. The van der Waals surface area contributed by atoms with Crippen molar-refractivity contribution >= 4 is 28.2 Å². The molecule has 2 aromatic heterocycles. The van der Waals surface area contributed by atoms with E-state index in [9.17, 15) is 18.0 Å². The molecular formula is C24H21F3N2O3S. The molecule has 0 spiro atoms. The molecule has 4 rings (SSSR count). The zero-order chi connectivity index (χ0) is 23.8. The van der Waals surface area contributed by atoms with E-state index < -0.39 is 17.7 Å². The Morgan fingerprint density at radius 1 is 1.21 bits per heavy atom. The minimum atomic E-state index is -4.37. The zero-order valence-electron chi connectivity index (χ0n) is 17.9. The highest BCUT2D eigenvalue weighted by Crippen LogP contribution is 2.34. The van der Waals surface area contributed by atoms with Crippen molar-refractivity contribution in [2.24, 2.45) is 0 Å². The number of H-pyrrole nitrogens is 1. The summed E-state index contributed by atoms with van der Waals surface area (Å²) in [4.78, 5) is 19.8. The number of rotatable bonds is 7. The highest BCUT2D eigenvalue weighted by molar-refractivity contribution is 7.15. The second kappa shape index (κ2) is 8.90. The van der Waals surface area contributed by atoms with Gasteiger partial charge in [0.25, 0.3) is 0 Å². The van der Waals surface area contributed by atoms with Gasteiger partial charge in [0.05, 0.1) is 24.3 Å². The molecule has 4 aromatic rings. The molecule has 1 atom stereocenters. The molecule has 0 fully saturated rings. The quantitative estimate of drug-likeness (QED) is 0.324. The first-order valence-corrected chi connectivity index (χ1v) is 11.0. The topological polar surface area (TPSA) is 75.2 Å². The predicted octanol–water partition coefficient (Wildman–Crippen LogP) is 6.43. The summed E-state index contributed by atoms with van der Waals surface area (Å²) in [7, 11) is 0. The van der Waals surface area contributed by atoms with Crippen molar-refractivity contribution in [1.82, 2.24) is 9.97 Å². The molecule has 0 saturated heterocycles. The lowest BCUT2D eigenvalue weighted by Crippen LogP contribution is -2.08. The number of aromatic amines is 1. The molecule has 9 heteroatoms. The molecule has 0 radical (unpaired) electrons. The summed E-state index contributed by atoms with van der Waals surface area (Å²) < 4.78 is 44.4. The summed E-state index contributed by atoms with van der Waals surface area (Å²) in [5.74, 6) is -0.333. The van der Waals surface area contributed by atoms with E-state index in [1.54, 1.807) is 6.20 Å². The first-order valence-electron chi connectivity index (χ1n) is 10.2. The van der Waals surface area contributed by atoms with Gasteiger partial charge in [-0.25, -0.2) is 4.98 Å². The lowest BCUT2D eigenvalue weighted by Gasteiger charge is -2.12. The number of benzene rings is 2. The summed E-state index contributed by atoms with van der Waals surface area (Å²) in [5.41, 5.74) is 2.31. The smallest absolute Gasteiger partial charge is 0.416 e. The summed E-state index contributed by atoms with van der Waals surface area (Å²) in [6, 6.07) is 10.5. The molecule has 0 aliphatic rings. The molecule has 5 nitrogen and oxygen atoms in total. The van der Waals surface area contributed by atoms with E-state index in [0.717, 1.165) is 33.6 Å². The molecular weight excluding hydrogens is 453 g/mol. The molecule has 0 saturated carbocycles. The lowest BCUT2D eigenvalue weighted by atomic mass is 10.1. The highest BCUT2D eigenvalue weighted by atomic mass is 32.1. The number of hydrogen-bond donors (Lipinski definition) is 2. The van der Waals surface area contributed by atoms with Crippen molar-refractivity contribution in [1.29, 1.82) is 0 Å². The van der Waals surface area contributed by atoms with Crippen molar-refractivity contribution < 1.29 is 27.8 Å². The number of halogens is 3. The average Bonchev–Trinajstić information content (AvgIpc) is 3.34. The van der Waals surface area contributed by atoms with Crippen molar-refractivity contribution in [3.63, 3.8) is 0 Å². The number of nitrogens with one attached hydrogen (secondary N) is 1. The molecule has 2 aromatic carbocycles. The Labute approximate surface area is 191 Å². The van der Waals surface area contributed by atoms with Crippen LogP contribution in [0.2, 0.25) is 0 Å². The number of aryl methyl sites for hydroxylation is 1. The molecule has 0 aliphatic carbocycles. The van der Waals surface area contributed by atoms with E-state index in [0.29, 0.717) is 28.5 Å². The van der Waals surface area contributed by atoms with E-state index in [2.05, 4.69) is 9.97 Å². The number of ether oxygens (including phenoxy) is 1. The van der Waals surface area contributed by atoms with Crippen LogP contribution in [0.15, 0.2) is 48.7 Å². The maximum Gasteiger partial charge on any atom is 0.416 e. The maximum absolute atomic E-state index is 12.8. The minimum Gasteiger partial charge on any atom is -0.493 e. The fraction of sp³-hybridized carbons (Fsp3) is 0.250. The molecule has 172 valence electrons. The van der Waals surface area contributed by atoms with Crippen molar-refractivity contribution in [3.05, 3.63) is 70.4 Å². The number of nitrogens with zero attached hydrogens (tertiary/aromatic N) is 1. The van der Waals surface area contributed by atoms with Gasteiger partial charge in [-0.2, -0.15) is 13.2 Å². The van der Waals surface area contributed by atoms with Crippen LogP contribution in [0.5, 0.6) is 5.75 Å². The number of aromatic nitrogens is 2. The fourth-order valence-corrected chi connectivity index (χ4v) is 4.69. The summed E-state index contributed by atoms with van der Waals surface area (Å²) in [6.45, 7) is 4.26. The van der Waals surface area contributed by atoms with Gasteiger partial charge in [-0.3, -0.25) is 4.79 Å². The van der Waals surface area contributed by atoms with E-state index in [4.69, 9.17) is 9.84 Å². The van der Waals surface area contributed by atoms with Crippen LogP contribution in [0.25, 0.3) is 21.5 Å². The van der Waals surface area contributed by atoms with Gasteiger partial charge in [0.1, 0.15) is 10.8 Å². The standard InChI is InChI=1S/C24H21F3N2O3S/c1-13(12-32-18-7-8-20-19(10-18)16(11-28-20)9-21(30)31)22-14(2)33-23(29-22)15-3-5-17(6-4-15)24(25,26)27/h3-8,10-11,13,28H,9,12H2,1-2H3,(H,30,31)/t13-/m1/s1. The molecule has 2 N–H and O–H groups in total. The van der Waals surface area contributed by atoms with E-state index in [1.807, 2.05) is 32.0 Å². The molecule has 2 heterocycles. The van der Waals surface area contributed by atoms with Gasteiger partial charge < -0.3 is 14.8 Å². The van der Waals surface area contributed by atoms with E-state index >= 15 is 0 Å². The maximum atomic E-state index is 12.8. The van der Waals surface area contributed by atoms with E-state index in [1.165, 1.54) is 23.5 Å². The van der Waals surface area contributed by atoms with Gasteiger partial charge in [-0.15, -0.1) is 11.3 Å². The monoisotopic (exact) mass is 474 g/mol. The fourth-order valence-electron chi connectivity index (χ4n) is 3.65. The number of carboxylic acid groups (broad SMARTS) is 1. The number of fused-ring (bicyclic) bond motifs is 1. The number of hydrogen-bond acceptors (Lipinski definition) is 4. The average molecular weight is 475 g/mol. The van der Waals surface area contributed by atoms with Crippen LogP contribution in [-0.4, -0.2) is 27.7 Å². The lowest BCUT2D eigenvalue weighted by molar-refractivity contribution is -0.138. The van der Waals surface area contributed by atoms with E-state index in [-0.39, 0.29) is 12.3 Å². The number of alkyl halides is 3.